The van der Waals surface area contributed by atoms with E-state index in [9.17, 15) is 26.3 Å². The van der Waals surface area contributed by atoms with Crippen molar-refractivity contribution in [2.24, 2.45) is 5.92 Å². The van der Waals surface area contributed by atoms with E-state index in [0.717, 1.165) is 12.1 Å². The van der Waals surface area contributed by atoms with E-state index < -0.39 is 40.8 Å². The van der Waals surface area contributed by atoms with Crippen LogP contribution in [0.2, 0.25) is 0 Å². The van der Waals surface area contributed by atoms with E-state index >= 15 is 0 Å². The lowest BCUT2D eigenvalue weighted by molar-refractivity contribution is -0.185. The highest BCUT2D eigenvalue weighted by atomic mass is 35.5. The molecule has 0 fully saturated rings. The fourth-order valence-electron chi connectivity index (χ4n) is 3.39. The SMILES string of the molecule is CCC1CCC(c2ccc(C(F)(F)Oc3cc(F)c(F)c(F)c3)cc2)C(Cl)=C1F. The maximum Gasteiger partial charge on any atom is 0.426 e. The predicted octanol–water partition coefficient (Wildman–Crippen LogP) is 7.56. The second-order valence-electron chi connectivity index (χ2n) is 6.87. The first-order chi connectivity index (χ1) is 13.6. The van der Waals surface area contributed by atoms with Crippen molar-refractivity contribution in [1.29, 1.82) is 0 Å². The molecule has 3 rings (SSSR count). The molecule has 0 spiro atoms. The van der Waals surface area contributed by atoms with Crippen LogP contribution in [0, 0.1) is 23.4 Å². The van der Waals surface area contributed by atoms with Crippen molar-refractivity contribution in [3.05, 3.63) is 75.8 Å². The number of halogens is 7. The van der Waals surface area contributed by atoms with Crippen LogP contribution in [0.3, 0.4) is 0 Å². The molecule has 0 heterocycles. The molecule has 0 saturated carbocycles. The van der Waals surface area contributed by atoms with Crippen molar-refractivity contribution in [2.75, 3.05) is 0 Å². The molecule has 0 amide bonds. The monoisotopic (exact) mass is 434 g/mol. The molecule has 2 unspecified atom stereocenters. The summed E-state index contributed by atoms with van der Waals surface area (Å²) in [7, 11) is 0. The zero-order chi connectivity index (χ0) is 21.3. The number of hydrogen-bond donors (Lipinski definition) is 0. The molecule has 1 nitrogen and oxygen atoms in total. The van der Waals surface area contributed by atoms with Gasteiger partial charge in [0, 0.05) is 24.0 Å². The average molecular weight is 435 g/mol. The van der Waals surface area contributed by atoms with Crippen LogP contribution in [-0.2, 0) is 6.11 Å². The Hall–Kier alpha value is -2.15. The first-order valence-electron chi connectivity index (χ1n) is 9.01. The summed E-state index contributed by atoms with van der Waals surface area (Å²) in [5.41, 5.74) is -0.0210. The molecule has 0 bridgehead atoms. The van der Waals surface area contributed by atoms with Crippen LogP contribution in [0.15, 0.2) is 47.3 Å². The molecule has 0 aromatic heterocycles. The molecule has 29 heavy (non-hydrogen) atoms. The van der Waals surface area contributed by atoms with Crippen molar-refractivity contribution >= 4 is 11.6 Å². The van der Waals surface area contributed by atoms with E-state index in [1.54, 1.807) is 0 Å². The summed E-state index contributed by atoms with van der Waals surface area (Å²) in [6.07, 6.45) is -2.11. The van der Waals surface area contributed by atoms with Crippen LogP contribution in [-0.4, -0.2) is 0 Å². The van der Waals surface area contributed by atoms with Crippen LogP contribution in [0.4, 0.5) is 26.3 Å². The third kappa shape index (κ3) is 4.39. The summed E-state index contributed by atoms with van der Waals surface area (Å²) in [6, 6.07) is 5.57. The molecule has 2 aromatic rings. The van der Waals surface area contributed by atoms with Gasteiger partial charge in [-0.1, -0.05) is 30.7 Å². The topological polar surface area (TPSA) is 9.23 Å². The van der Waals surface area contributed by atoms with E-state index in [4.69, 9.17) is 11.6 Å². The molecule has 0 N–H and O–H groups in total. The number of benzene rings is 2. The number of hydrogen-bond acceptors (Lipinski definition) is 1. The highest BCUT2D eigenvalue weighted by Gasteiger charge is 2.36. The number of alkyl halides is 2. The number of ether oxygens (including phenoxy) is 1. The summed E-state index contributed by atoms with van der Waals surface area (Å²) in [4.78, 5) is 0. The van der Waals surface area contributed by atoms with Crippen molar-refractivity contribution in [3.63, 3.8) is 0 Å². The lowest BCUT2D eigenvalue weighted by atomic mass is 9.82. The van der Waals surface area contributed by atoms with Crippen LogP contribution in [0.1, 0.15) is 43.2 Å². The number of allylic oxidation sites excluding steroid dienone is 2. The first-order valence-corrected chi connectivity index (χ1v) is 9.38. The Kier molecular flexibility index (Phi) is 6.17. The van der Waals surface area contributed by atoms with Crippen LogP contribution >= 0.6 is 11.6 Å². The molecule has 0 radical (unpaired) electrons. The standard InChI is InChI=1S/C21H17ClF6O/c1-2-11-5-8-15(18(22)19(11)25)12-3-6-13(7-4-12)21(27,28)29-14-9-16(23)20(26)17(24)10-14/h3-4,6-7,9-11,15H,2,5,8H2,1H3. The van der Waals surface area contributed by atoms with E-state index in [0.29, 0.717) is 37.0 Å². The van der Waals surface area contributed by atoms with Gasteiger partial charge in [0.1, 0.15) is 11.6 Å². The highest BCUT2D eigenvalue weighted by Crippen LogP contribution is 2.44. The molecular formula is C21H17ClF6O. The summed E-state index contributed by atoms with van der Waals surface area (Å²) in [6.45, 7) is 1.87. The smallest absolute Gasteiger partial charge is 0.426 e. The minimum atomic E-state index is -3.93. The molecule has 1 aliphatic rings. The van der Waals surface area contributed by atoms with E-state index in [2.05, 4.69) is 4.74 Å². The maximum absolute atomic E-state index is 14.4. The molecule has 2 atom stereocenters. The van der Waals surface area contributed by atoms with Gasteiger partial charge in [0.05, 0.1) is 10.6 Å². The van der Waals surface area contributed by atoms with Gasteiger partial charge in [0.2, 0.25) is 0 Å². The summed E-state index contributed by atoms with van der Waals surface area (Å²) >= 11 is 6.15. The van der Waals surface area contributed by atoms with Crippen LogP contribution in [0.5, 0.6) is 5.75 Å². The lowest BCUT2D eigenvalue weighted by Gasteiger charge is -2.27. The Bertz CT molecular complexity index is 902. The summed E-state index contributed by atoms with van der Waals surface area (Å²) in [5, 5.41) is 0.0797. The van der Waals surface area contributed by atoms with Gasteiger partial charge in [0.15, 0.2) is 17.5 Å². The van der Waals surface area contributed by atoms with E-state index in [1.165, 1.54) is 12.1 Å². The van der Waals surface area contributed by atoms with Crippen LogP contribution < -0.4 is 4.74 Å². The van der Waals surface area contributed by atoms with Gasteiger partial charge in [-0.3, -0.25) is 0 Å². The molecule has 0 saturated heterocycles. The zero-order valence-corrected chi connectivity index (χ0v) is 16.1. The van der Waals surface area contributed by atoms with Gasteiger partial charge in [-0.15, -0.1) is 0 Å². The van der Waals surface area contributed by atoms with Crippen molar-refractivity contribution < 1.29 is 31.1 Å². The Morgan fingerprint density at radius 2 is 1.59 bits per heavy atom. The quantitative estimate of drug-likeness (QED) is 0.348. The minimum Gasteiger partial charge on any atom is -0.429 e. The van der Waals surface area contributed by atoms with Crippen LogP contribution in [0.25, 0.3) is 0 Å². The molecule has 1 aliphatic carbocycles. The van der Waals surface area contributed by atoms with Crippen molar-refractivity contribution in [3.8, 4) is 5.75 Å². The summed E-state index contributed by atoms with van der Waals surface area (Å²) < 4.78 is 86.8. The van der Waals surface area contributed by atoms with Gasteiger partial charge in [-0.2, -0.15) is 8.78 Å². The Morgan fingerprint density at radius 3 is 2.14 bits per heavy atom. The Labute approximate surface area is 168 Å². The molecule has 2 aromatic carbocycles. The van der Waals surface area contributed by atoms with E-state index in [-0.39, 0.29) is 16.8 Å². The van der Waals surface area contributed by atoms with Gasteiger partial charge < -0.3 is 4.74 Å². The third-order valence-corrected chi connectivity index (χ3v) is 5.49. The summed E-state index contributed by atoms with van der Waals surface area (Å²) in [5.74, 6) is -6.95. The second-order valence-corrected chi connectivity index (χ2v) is 7.28. The zero-order valence-electron chi connectivity index (χ0n) is 15.3. The predicted molar refractivity (Wildman–Crippen MR) is 97.0 cm³/mol. The minimum absolute atomic E-state index is 0.0797. The Balaban J connectivity index is 1.81. The average Bonchev–Trinajstić information content (AvgIpc) is 2.68. The molecular weight excluding hydrogens is 418 g/mol. The number of rotatable bonds is 5. The largest absolute Gasteiger partial charge is 0.429 e. The molecule has 8 heteroatoms. The molecule has 0 aliphatic heterocycles. The highest BCUT2D eigenvalue weighted by molar-refractivity contribution is 6.30. The van der Waals surface area contributed by atoms with Gasteiger partial charge in [-0.05, 0) is 37.0 Å². The lowest BCUT2D eigenvalue weighted by Crippen LogP contribution is -2.22. The molecule has 156 valence electrons. The normalized spacial score (nSPS) is 20.1. The second kappa shape index (κ2) is 8.30. The fraction of sp³-hybridized carbons (Fsp3) is 0.333. The van der Waals surface area contributed by atoms with Gasteiger partial charge in [0.25, 0.3) is 0 Å². The van der Waals surface area contributed by atoms with Crippen molar-refractivity contribution in [2.45, 2.75) is 38.2 Å². The van der Waals surface area contributed by atoms with Crippen molar-refractivity contribution in [1.82, 2.24) is 0 Å². The first kappa shape index (κ1) is 21.6. The fourth-order valence-corrected chi connectivity index (χ4v) is 3.78. The maximum atomic E-state index is 14.4. The Morgan fingerprint density at radius 1 is 1.00 bits per heavy atom. The van der Waals surface area contributed by atoms with Gasteiger partial charge in [-0.25, -0.2) is 17.6 Å². The van der Waals surface area contributed by atoms with E-state index in [1.807, 2.05) is 6.92 Å². The third-order valence-electron chi connectivity index (χ3n) is 5.04. The van der Waals surface area contributed by atoms with Gasteiger partial charge >= 0.3 is 6.11 Å².